The molecule has 2 unspecified atom stereocenters. The van der Waals surface area contributed by atoms with Gasteiger partial charge in [0.2, 0.25) is 5.91 Å². The number of nitrogen functional groups attached to an aromatic ring is 2. The molecule has 11 atom stereocenters. The number of carbonyl (C=O) groups is 3. The van der Waals surface area contributed by atoms with Crippen LogP contribution in [0.25, 0.3) is 11.2 Å². The molecule has 3 fully saturated rings. The quantitative estimate of drug-likeness (QED) is 0.0413. The highest BCUT2D eigenvalue weighted by molar-refractivity contribution is 8.13. The van der Waals surface area contributed by atoms with Crippen molar-refractivity contribution in [3.8, 4) is 0 Å². The Kier molecular flexibility index (Phi) is 15.9. The molecule has 3 aliphatic heterocycles. The van der Waals surface area contributed by atoms with E-state index >= 15 is 0 Å². The molecule has 3 saturated heterocycles. The summed E-state index contributed by atoms with van der Waals surface area (Å²) in [5.41, 5.74) is 10.8. The van der Waals surface area contributed by atoms with E-state index in [2.05, 4.69) is 36.4 Å². The van der Waals surface area contributed by atoms with E-state index in [1.165, 1.54) is 35.5 Å². The highest BCUT2D eigenvalue weighted by Crippen LogP contribution is 2.51. The van der Waals surface area contributed by atoms with Crippen LogP contribution < -0.4 is 22.5 Å². The number of aromatic nitrogens is 6. The van der Waals surface area contributed by atoms with Gasteiger partial charge in [0.15, 0.2) is 41.4 Å². The van der Waals surface area contributed by atoms with Crippen LogP contribution in [0.4, 0.5) is 11.6 Å². The van der Waals surface area contributed by atoms with Gasteiger partial charge in [0.05, 0.1) is 19.5 Å². The van der Waals surface area contributed by atoms with Gasteiger partial charge in [-0.05, 0) is 25.2 Å². The number of nitrogens with zero attached hydrogens (tertiary/aromatic N) is 6. The number of fused-ring (bicyclic) bond motifs is 1. The number of thioether (sulfide) groups is 1. The molecule has 3 aliphatic rings. The lowest BCUT2D eigenvalue weighted by Gasteiger charge is -2.29. The minimum Gasteiger partial charge on any atom is -0.455 e. The fraction of sp³-hybridized carbons (Fsp3) is 0.576. The van der Waals surface area contributed by atoms with E-state index in [4.69, 9.17) is 44.2 Å². The van der Waals surface area contributed by atoms with Gasteiger partial charge in [-0.1, -0.05) is 17.8 Å². The van der Waals surface area contributed by atoms with Crippen LogP contribution in [-0.2, 0) is 60.8 Å². The summed E-state index contributed by atoms with van der Waals surface area (Å²) >= 11 is 0.787. The largest absolute Gasteiger partial charge is 0.472 e. The Morgan fingerprint density at radius 2 is 1.79 bits per heavy atom. The first kappa shape index (κ1) is 48.2. The van der Waals surface area contributed by atoms with Crippen LogP contribution in [0.2, 0.25) is 0 Å². The van der Waals surface area contributed by atoms with Crippen molar-refractivity contribution in [2.24, 2.45) is 0 Å². The predicted octanol–water partition coefficient (Wildman–Crippen LogP) is -0.821. The minimum absolute atomic E-state index is 0.0251. The Hall–Kier alpha value is -4.25. The molecule has 27 nitrogen and oxygen atoms in total. The van der Waals surface area contributed by atoms with Crippen molar-refractivity contribution in [2.45, 2.75) is 93.5 Å². The highest BCUT2D eigenvalue weighted by Gasteiger charge is 2.54. The van der Waals surface area contributed by atoms with Crippen LogP contribution in [0.15, 0.2) is 42.4 Å². The van der Waals surface area contributed by atoms with Gasteiger partial charge in [0.1, 0.15) is 54.2 Å². The zero-order chi connectivity index (χ0) is 45.6. The molecule has 0 radical (unpaired) electrons. The fourth-order valence-electron chi connectivity index (χ4n) is 6.76. The number of hydrogen-bond donors (Lipinski definition) is 7. The van der Waals surface area contributed by atoms with E-state index in [9.17, 15) is 48.1 Å². The second-order valence-electron chi connectivity index (χ2n) is 14.0. The maximum Gasteiger partial charge on any atom is 0.472 e. The van der Waals surface area contributed by atoms with Crippen molar-refractivity contribution in [3.63, 3.8) is 0 Å². The second-order valence-corrected chi connectivity index (χ2v) is 17.5. The third kappa shape index (κ3) is 12.1. The molecule has 1 amide bonds. The van der Waals surface area contributed by atoms with Crippen molar-refractivity contribution in [3.05, 3.63) is 48.1 Å². The third-order valence-corrected chi connectivity index (χ3v) is 11.8. The number of rotatable bonds is 20. The zero-order valence-electron chi connectivity index (χ0n) is 33.2. The average Bonchev–Trinajstić information content (AvgIpc) is 4.03. The van der Waals surface area contributed by atoms with Crippen LogP contribution in [0, 0.1) is 0 Å². The number of amides is 1. The fourth-order valence-corrected chi connectivity index (χ4v) is 8.39. The number of hydrogen-bond acceptors (Lipinski definition) is 22. The molecule has 6 rings (SSSR count). The predicted molar refractivity (Wildman–Crippen MR) is 213 cm³/mol. The number of imidazole rings is 1. The van der Waals surface area contributed by atoms with Gasteiger partial charge >= 0.3 is 27.3 Å². The lowest BCUT2D eigenvalue weighted by atomic mass is 10.1. The summed E-state index contributed by atoms with van der Waals surface area (Å²) in [7, 11) is -10.6. The lowest BCUT2D eigenvalue weighted by molar-refractivity contribution is -0.181. The van der Waals surface area contributed by atoms with E-state index in [1.807, 2.05) is 0 Å². The number of aliphatic hydroxyl groups excluding tert-OH is 1. The Balaban J connectivity index is 1.28. The Morgan fingerprint density at radius 1 is 1.06 bits per heavy atom. The molecule has 0 aliphatic carbocycles. The van der Waals surface area contributed by atoms with Gasteiger partial charge < -0.3 is 60.3 Å². The molecule has 30 heteroatoms. The maximum atomic E-state index is 13.9. The summed E-state index contributed by atoms with van der Waals surface area (Å²) in [5.74, 6) is -1.98. The molecule has 0 bridgehead atoms. The van der Waals surface area contributed by atoms with Crippen LogP contribution in [0.3, 0.4) is 0 Å². The molecule has 3 aromatic heterocycles. The number of nitrogens with one attached hydrogen (secondary N) is 1. The van der Waals surface area contributed by atoms with E-state index in [1.54, 1.807) is 0 Å². The maximum absolute atomic E-state index is 13.9. The zero-order valence-corrected chi connectivity index (χ0v) is 35.8. The number of aliphatic hydroxyl groups is 1. The van der Waals surface area contributed by atoms with Crippen molar-refractivity contribution in [2.75, 3.05) is 37.5 Å². The first-order chi connectivity index (χ1) is 29.9. The number of esters is 1. The molecule has 0 spiro atoms. The van der Waals surface area contributed by atoms with Gasteiger partial charge in [-0.3, -0.25) is 32.3 Å². The first-order valence-electron chi connectivity index (χ1n) is 18.9. The van der Waals surface area contributed by atoms with Crippen LogP contribution in [0.1, 0.15) is 44.6 Å². The monoisotopic (exact) mass is 949 g/mol. The summed E-state index contributed by atoms with van der Waals surface area (Å²) in [6, 6.07) is -0.305. The van der Waals surface area contributed by atoms with Gasteiger partial charge in [0, 0.05) is 32.1 Å². The Labute approximate surface area is 360 Å². The van der Waals surface area contributed by atoms with Crippen molar-refractivity contribution < 1.29 is 80.6 Å². The summed E-state index contributed by atoms with van der Waals surface area (Å²) in [6.07, 6.45) is -7.17. The van der Waals surface area contributed by atoms with Gasteiger partial charge in [-0.2, -0.15) is 4.98 Å². The SMILES string of the molecule is C=CCCC(=O)N[C@@H](CC(=O)SC)C(=O)O[C@H]1[C@@H](O)[C@H](n2cnc3c(N)ncnc32)O[C@@H]1COP(=O)(O)O[C@H]1[C@@H](OC2CCCO2)[C@H](n2ccc(N)nc2=O)O[C@@H]1COP(=O)(O)O. The standard InChI is InChI=1S/C33H45N9O18P2S/c1-3-4-6-20(43)39-16(11-21(44)63-2)32(46)59-25-17(56-30(24(25)45)42-15-38-23-28(35)36-14-37-29(23)42)13-55-62(51,52)60-26-18(12-54-61(48,49)50)57-31(27(26)58-22-7-5-10-53-22)41-9-8-19(34)40-33(41)47/h3,8-9,14-18,22,24-27,30-31,45H,1,4-7,10-13H2,2H3,(H,39,43)(H,51,52)(H2,34,40,47)(H2,35,36,37)(H2,48,49,50)/t16-,17+,18+,22?,24+,25+,26+,27+,30+,31+/m0/s1. The third-order valence-electron chi connectivity index (χ3n) is 9.69. The van der Waals surface area contributed by atoms with Crippen LogP contribution >= 0.6 is 27.4 Å². The molecule has 9 N–H and O–H groups in total. The Morgan fingerprint density at radius 3 is 2.48 bits per heavy atom. The van der Waals surface area contributed by atoms with Gasteiger partial charge in [-0.25, -0.2) is 33.7 Å². The molecular weight excluding hydrogens is 904 g/mol. The number of phosphoric acid groups is 2. The number of allylic oxidation sites excluding steroid dienone is 1. The smallest absolute Gasteiger partial charge is 0.455 e. The van der Waals surface area contributed by atoms with E-state index < -0.39 is 119 Å². The Bertz CT molecular complexity index is 2290. The topological polar surface area (TPSA) is 383 Å². The highest BCUT2D eigenvalue weighted by atomic mass is 32.2. The number of nitrogens with two attached hydrogens (primary N) is 2. The normalized spacial score (nSPS) is 27.5. The first-order valence-corrected chi connectivity index (χ1v) is 23.2. The molecule has 63 heavy (non-hydrogen) atoms. The summed E-state index contributed by atoms with van der Waals surface area (Å²) in [6.45, 7) is 1.87. The summed E-state index contributed by atoms with van der Waals surface area (Å²) in [4.78, 5) is 97.9. The molecule has 0 aromatic carbocycles. The molecule has 346 valence electrons. The molecule has 3 aromatic rings. The number of phosphoric ester groups is 2. The number of carbonyl (C=O) groups excluding carboxylic acids is 3. The number of anilines is 2. The molecule has 6 heterocycles. The van der Waals surface area contributed by atoms with Gasteiger partial charge in [0.25, 0.3) is 0 Å². The average molecular weight is 950 g/mol. The molecule has 0 saturated carbocycles. The van der Waals surface area contributed by atoms with E-state index in [0.717, 1.165) is 22.7 Å². The van der Waals surface area contributed by atoms with Gasteiger partial charge in [-0.15, -0.1) is 6.58 Å². The molecular formula is C33H45N9O18P2S. The minimum atomic E-state index is -5.44. The van der Waals surface area contributed by atoms with Crippen LogP contribution in [0.5, 0.6) is 0 Å². The second kappa shape index (κ2) is 20.7. The van der Waals surface area contributed by atoms with Crippen molar-refractivity contribution in [1.29, 1.82) is 0 Å². The van der Waals surface area contributed by atoms with Crippen LogP contribution in [-0.4, -0.2) is 141 Å². The summed E-state index contributed by atoms with van der Waals surface area (Å²) in [5, 5.41) is 13.6. The van der Waals surface area contributed by atoms with E-state index in [0.29, 0.717) is 12.8 Å². The summed E-state index contributed by atoms with van der Waals surface area (Å²) < 4.78 is 72.7. The van der Waals surface area contributed by atoms with Crippen molar-refractivity contribution >= 4 is 67.2 Å². The number of ether oxygens (including phenoxy) is 5. The lowest BCUT2D eigenvalue weighted by Crippen LogP contribution is -2.47. The van der Waals surface area contributed by atoms with E-state index in [-0.39, 0.29) is 42.2 Å². The van der Waals surface area contributed by atoms with Crippen molar-refractivity contribution in [1.82, 2.24) is 34.4 Å².